The topological polar surface area (TPSA) is 260 Å². The van der Waals surface area contributed by atoms with Gasteiger partial charge in [-0.1, -0.05) is 51.1 Å². The van der Waals surface area contributed by atoms with Crippen molar-refractivity contribution in [2.24, 2.45) is 23.2 Å². The number of aryl methyl sites for hydroxylation is 4. The fourth-order valence-electron chi connectivity index (χ4n) is 9.11. The molecule has 5 N–H and O–H groups in total. The third-order valence-electron chi connectivity index (χ3n) is 13.3. The molecule has 3 atom stereocenters. The Morgan fingerprint density at radius 1 is 0.934 bits per heavy atom. The van der Waals surface area contributed by atoms with E-state index in [1.54, 1.807) is 36.7 Å². The van der Waals surface area contributed by atoms with Crippen LogP contribution in [-0.4, -0.2) is 152 Å². The lowest BCUT2D eigenvalue weighted by Gasteiger charge is -2.35. The molecule has 2 aliphatic heterocycles. The van der Waals surface area contributed by atoms with E-state index in [0.29, 0.717) is 35.3 Å². The van der Waals surface area contributed by atoms with E-state index in [1.165, 1.54) is 20.8 Å². The quantitative estimate of drug-likeness (QED) is 0.0376. The lowest BCUT2D eigenvalue weighted by atomic mass is 9.85. The molecule has 0 radical (unpaired) electrons. The molecule has 2 aliphatic rings. The van der Waals surface area contributed by atoms with Crippen LogP contribution in [-0.2, 0) is 56.7 Å². The van der Waals surface area contributed by atoms with Gasteiger partial charge in [0.25, 0.3) is 11.5 Å². The maximum Gasteiger partial charge on any atom is 0.259 e. The van der Waals surface area contributed by atoms with Crippen molar-refractivity contribution in [2.75, 3.05) is 70.8 Å². The number of amides is 3. The number of benzene rings is 2. The molecule has 5 heterocycles. The second kappa shape index (κ2) is 26.0. The summed E-state index contributed by atoms with van der Waals surface area (Å²) in [7, 11) is -1.35. The first-order valence-corrected chi connectivity index (χ1v) is 28.9. The molecule has 5 aromatic rings. The predicted octanol–water partition coefficient (Wildman–Crippen LogP) is 4.53. The summed E-state index contributed by atoms with van der Waals surface area (Å²) in [6.07, 6.45) is 2.57. The van der Waals surface area contributed by atoms with Crippen LogP contribution < -0.4 is 26.7 Å². The lowest BCUT2D eigenvalue weighted by molar-refractivity contribution is -0.144. The fourth-order valence-corrected chi connectivity index (χ4v) is 12.5. The smallest absolute Gasteiger partial charge is 0.259 e. The molecule has 76 heavy (non-hydrogen) atoms. The standard InChI is InChI=1S/C54H69N7O12S3/c1-33-25-37(41-29-60(6)52(66)40-27-45(75-49(40)41)51(55)58-38-15-23-76(68,69)24-16-38)12-14-44(33)73-31-46(64)56-17-18-70-19-20-71-21-22-72-30-47(65)59-50(54(3,4)5)53(67)61-28-39(62)26-42(61)43(63)13-9-35-7-10-36(11-8-35)48-34(2)57-32-74-48/h7-8,10-12,14,25,27,29,32,38-39,42,50,62H,9,13,15-24,26,28,30-31H2,1-6H3,(H2,55,58)(H,56,64)(H,59,65)/t39-,42+,50-/m1/s1. The number of aliphatic hydroxyl groups is 1. The van der Waals surface area contributed by atoms with Crippen molar-refractivity contribution in [3.63, 3.8) is 0 Å². The molecule has 0 unspecified atom stereocenters. The van der Waals surface area contributed by atoms with Crippen molar-refractivity contribution in [1.82, 2.24) is 25.1 Å². The molecule has 0 aliphatic carbocycles. The molecular weight excluding hydrogens is 1030 g/mol. The van der Waals surface area contributed by atoms with E-state index in [9.17, 15) is 37.5 Å². The number of thiazole rings is 1. The first-order chi connectivity index (χ1) is 36.2. The zero-order valence-electron chi connectivity index (χ0n) is 43.9. The second-order valence-corrected chi connectivity index (χ2v) is 24.5. The maximum atomic E-state index is 14.0. The van der Waals surface area contributed by atoms with Crippen LogP contribution in [0.3, 0.4) is 0 Å². The number of Topliss-reactive ketones (excluding diaryl/α,β-unsaturated/α-hetero) is 1. The van der Waals surface area contributed by atoms with Crippen LogP contribution >= 0.6 is 22.7 Å². The number of aliphatic hydroxyl groups excluding tert-OH is 1. The van der Waals surface area contributed by atoms with Gasteiger partial charge in [0, 0.05) is 49.4 Å². The molecule has 2 aromatic carbocycles. The zero-order chi connectivity index (χ0) is 54.7. The molecule has 3 aromatic heterocycles. The molecule has 2 saturated heterocycles. The van der Waals surface area contributed by atoms with Crippen molar-refractivity contribution < 1.29 is 51.6 Å². The Hall–Kier alpha value is -5.88. The van der Waals surface area contributed by atoms with Gasteiger partial charge < -0.3 is 49.9 Å². The Balaban J connectivity index is 0.764. The summed E-state index contributed by atoms with van der Waals surface area (Å²) in [4.78, 5) is 78.4. The number of hydrogen-bond acceptors (Lipinski definition) is 16. The minimum atomic E-state index is -3.04. The Morgan fingerprint density at radius 3 is 2.29 bits per heavy atom. The Morgan fingerprint density at radius 2 is 1.62 bits per heavy atom. The fraction of sp³-hybridized carbons (Fsp3) is 0.500. The number of aromatic nitrogens is 2. The number of sulfone groups is 1. The van der Waals surface area contributed by atoms with Gasteiger partial charge in [-0.05, 0) is 79.0 Å². The summed E-state index contributed by atoms with van der Waals surface area (Å²) in [6.45, 7) is 10.1. The number of fused-ring (bicyclic) bond motifs is 1. The Labute approximate surface area is 451 Å². The number of ketones is 1. The zero-order valence-corrected chi connectivity index (χ0v) is 46.4. The second-order valence-electron chi connectivity index (χ2n) is 20.3. The Kier molecular flexibility index (Phi) is 19.8. The van der Waals surface area contributed by atoms with Gasteiger partial charge >= 0.3 is 0 Å². The monoisotopic (exact) mass is 1100 g/mol. The molecule has 22 heteroatoms. The number of carbonyl (C=O) groups is 4. The minimum Gasteiger partial charge on any atom is -0.484 e. The van der Waals surface area contributed by atoms with Gasteiger partial charge in [-0.25, -0.2) is 13.4 Å². The van der Waals surface area contributed by atoms with Crippen molar-refractivity contribution in [3.05, 3.63) is 92.3 Å². The van der Waals surface area contributed by atoms with Crippen LogP contribution in [0, 0.1) is 19.3 Å². The number of nitrogens with one attached hydrogen (secondary N) is 2. The molecule has 2 fully saturated rings. The lowest BCUT2D eigenvalue weighted by Crippen LogP contribution is -2.57. The van der Waals surface area contributed by atoms with Gasteiger partial charge in [0.2, 0.25) is 11.8 Å². The number of nitrogens with two attached hydrogens (primary N) is 1. The van der Waals surface area contributed by atoms with Crippen LogP contribution in [0.1, 0.15) is 68.2 Å². The van der Waals surface area contributed by atoms with E-state index in [2.05, 4.69) is 20.6 Å². The Bertz CT molecular complexity index is 3060. The van der Waals surface area contributed by atoms with Crippen LogP contribution in [0.25, 0.3) is 31.7 Å². The van der Waals surface area contributed by atoms with Crippen LogP contribution in [0.5, 0.6) is 5.75 Å². The number of thiophene rings is 1. The number of ether oxygens (including phenoxy) is 4. The average molecular weight is 1100 g/mol. The molecule has 410 valence electrons. The first kappa shape index (κ1) is 57.8. The summed E-state index contributed by atoms with van der Waals surface area (Å²) in [6, 6.07) is 13.4. The van der Waals surface area contributed by atoms with Gasteiger partial charge in [0.1, 0.15) is 34.1 Å². The highest BCUT2D eigenvalue weighted by atomic mass is 32.2. The van der Waals surface area contributed by atoms with E-state index in [0.717, 1.165) is 43.1 Å². The third-order valence-corrected chi connectivity index (χ3v) is 17.2. The highest BCUT2D eigenvalue weighted by Crippen LogP contribution is 2.36. The summed E-state index contributed by atoms with van der Waals surface area (Å²) in [5, 5.41) is 16.6. The average Bonchev–Trinajstić information content (AvgIpc) is 4.14. The van der Waals surface area contributed by atoms with Crippen molar-refractivity contribution >= 4 is 71.9 Å². The van der Waals surface area contributed by atoms with Gasteiger partial charge in [-0.2, -0.15) is 0 Å². The van der Waals surface area contributed by atoms with Crippen LogP contribution in [0.15, 0.2) is 70.0 Å². The summed E-state index contributed by atoms with van der Waals surface area (Å²) in [5.74, 6) is -0.437. The summed E-state index contributed by atoms with van der Waals surface area (Å²) >= 11 is 2.94. The van der Waals surface area contributed by atoms with E-state index >= 15 is 0 Å². The number of nitrogens with zero attached hydrogens (tertiary/aromatic N) is 4. The number of hydrogen-bond donors (Lipinski definition) is 4. The number of β-amino-alcohol motifs (C(OH)–C–C–N with tert-alkyl or cyclic N) is 1. The maximum absolute atomic E-state index is 14.0. The van der Waals surface area contributed by atoms with Gasteiger partial charge in [-0.15, -0.1) is 22.7 Å². The molecule has 7 rings (SSSR count). The molecule has 0 saturated carbocycles. The van der Waals surface area contributed by atoms with E-state index in [1.807, 2.05) is 76.5 Å². The molecule has 0 bridgehead atoms. The summed E-state index contributed by atoms with van der Waals surface area (Å²) in [5.41, 5.74) is 12.8. The normalized spacial score (nSPS) is 17.5. The third kappa shape index (κ3) is 15.4. The number of aliphatic imine (C=N–C) groups is 1. The number of amidine groups is 1. The highest BCUT2D eigenvalue weighted by molar-refractivity contribution is 7.91. The SMILES string of the molecule is Cc1cc(-c2cn(C)c(=O)c3cc(C(N)=NC4CCS(=O)(=O)CC4)sc23)ccc1OCC(=O)NCCOCCOCCOCC(=O)N[C@H](C(=O)N1C[C@H](O)C[C@H]1C(=O)CCc1ccc(-c2scnc2C)cc1)C(C)(C)C. The van der Waals surface area contributed by atoms with E-state index < -0.39 is 45.3 Å². The van der Waals surface area contributed by atoms with Gasteiger partial charge in [-0.3, -0.25) is 29.0 Å². The highest BCUT2D eigenvalue weighted by Gasteiger charge is 2.44. The van der Waals surface area contributed by atoms with E-state index in [4.69, 9.17) is 24.7 Å². The van der Waals surface area contributed by atoms with Crippen molar-refractivity contribution in [2.45, 2.75) is 91.0 Å². The number of likely N-dealkylation sites (tertiary alicyclic amines) is 1. The van der Waals surface area contributed by atoms with Gasteiger partial charge in [0.05, 0.1) is 89.1 Å². The summed E-state index contributed by atoms with van der Waals surface area (Å²) < 4.78 is 48.5. The van der Waals surface area contributed by atoms with Crippen molar-refractivity contribution in [3.8, 4) is 27.3 Å². The minimum absolute atomic E-state index is 0.000812. The molecule has 0 spiro atoms. The number of pyridine rings is 1. The predicted molar refractivity (Wildman–Crippen MR) is 294 cm³/mol. The molecule has 3 amide bonds. The molecular formula is C54H69N7O12S3. The first-order valence-electron chi connectivity index (χ1n) is 25.4. The van der Waals surface area contributed by atoms with Gasteiger partial charge in [0.15, 0.2) is 12.4 Å². The van der Waals surface area contributed by atoms with Crippen LogP contribution in [0.2, 0.25) is 0 Å². The number of carbonyl (C=O) groups excluding carboxylic acids is 4. The molecule has 19 nitrogen and oxygen atoms in total. The van der Waals surface area contributed by atoms with Crippen molar-refractivity contribution in [1.29, 1.82) is 0 Å². The largest absolute Gasteiger partial charge is 0.484 e. The number of rotatable bonds is 24. The van der Waals surface area contributed by atoms with Crippen LogP contribution in [0.4, 0.5) is 0 Å². The van der Waals surface area contributed by atoms with E-state index in [-0.39, 0.29) is 113 Å².